The normalized spacial score (nSPS) is 16.2. The first-order chi connectivity index (χ1) is 14.0. The third kappa shape index (κ3) is 9.95. The number of hydrogen-bond acceptors (Lipinski definition) is 6. The quantitative estimate of drug-likeness (QED) is 0.198. The Hall–Kier alpha value is -1.85. The highest BCUT2D eigenvalue weighted by Crippen LogP contribution is 2.25. The van der Waals surface area contributed by atoms with E-state index in [1.54, 1.807) is 0 Å². The monoisotopic (exact) mass is 410 g/mol. The molecule has 0 fully saturated rings. The van der Waals surface area contributed by atoms with Gasteiger partial charge in [-0.05, 0) is 6.42 Å². The lowest BCUT2D eigenvalue weighted by Gasteiger charge is -2.07. The van der Waals surface area contributed by atoms with E-state index >= 15 is 0 Å². The van der Waals surface area contributed by atoms with Gasteiger partial charge in [-0.15, -0.1) is 0 Å². The van der Waals surface area contributed by atoms with E-state index in [0.717, 1.165) is 12.8 Å². The van der Waals surface area contributed by atoms with Gasteiger partial charge in [-0.1, -0.05) is 84.0 Å². The Morgan fingerprint density at radius 2 is 1.38 bits per heavy atom. The van der Waals surface area contributed by atoms with Crippen molar-refractivity contribution in [2.24, 2.45) is 0 Å². The van der Waals surface area contributed by atoms with Gasteiger partial charge in [0.25, 0.3) is 0 Å². The molecular weight excluding hydrogens is 372 g/mol. The van der Waals surface area contributed by atoms with Gasteiger partial charge >= 0.3 is 11.9 Å². The molecule has 1 rings (SSSR count). The fraction of sp³-hybridized carbons (Fsp3) is 0.783. The zero-order chi connectivity index (χ0) is 21.5. The molecule has 0 aromatic heterocycles. The second-order valence-electron chi connectivity index (χ2n) is 7.85. The van der Waals surface area contributed by atoms with Crippen LogP contribution in [0.4, 0.5) is 0 Å². The van der Waals surface area contributed by atoms with Crippen molar-refractivity contribution in [2.45, 2.75) is 109 Å². The molecule has 1 atom stereocenters. The summed E-state index contributed by atoms with van der Waals surface area (Å²) in [6, 6.07) is 0. The molecule has 0 saturated carbocycles. The molecular formula is C23H38O6. The number of esters is 2. The van der Waals surface area contributed by atoms with Crippen molar-refractivity contribution in [3.05, 3.63) is 11.3 Å². The van der Waals surface area contributed by atoms with Crippen molar-refractivity contribution in [3.63, 3.8) is 0 Å². The lowest BCUT2D eigenvalue weighted by atomic mass is 10.0. The number of carbonyl (C=O) groups is 3. The maximum absolute atomic E-state index is 12.2. The molecule has 0 unspecified atom stereocenters. The van der Waals surface area contributed by atoms with E-state index in [-0.39, 0.29) is 18.4 Å². The molecule has 0 aliphatic carbocycles. The first-order valence-electron chi connectivity index (χ1n) is 11.2. The molecule has 1 aliphatic heterocycles. The number of carbonyl (C=O) groups excluding carboxylic acids is 3. The summed E-state index contributed by atoms with van der Waals surface area (Å²) >= 11 is 0. The molecule has 6 nitrogen and oxygen atoms in total. The summed E-state index contributed by atoms with van der Waals surface area (Å²) < 4.78 is 9.41. The third-order valence-electron chi connectivity index (χ3n) is 5.38. The van der Waals surface area contributed by atoms with Crippen molar-refractivity contribution in [2.75, 3.05) is 7.11 Å². The number of rotatable bonds is 17. The van der Waals surface area contributed by atoms with Crippen molar-refractivity contribution in [1.29, 1.82) is 0 Å². The maximum Gasteiger partial charge on any atom is 0.346 e. The largest absolute Gasteiger partial charge is 0.507 e. The summed E-state index contributed by atoms with van der Waals surface area (Å²) in [5.74, 6) is -2.32. The van der Waals surface area contributed by atoms with E-state index in [1.165, 1.54) is 71.3 Å². The molecule has 1 N–H and O–H groups in total. The lowest BCUT2D eigenvalue weighted by Crippen LogP contribution is -2.17. The summed E-state index contributed by atoms with van der Waals surface area (Å²) in [5, 5.41) is 10.0. The molecule has 1 aliphatic rings. The van der Waals surface area contributed by atoms with E-state index in [4.69, 9.17) is 4.74 Å². The molecule has 0 bridgehead atoms. The molecule has 6 heteroatoms. The highest BCUT2D eigenvalue weighted by Gasteiger charge is 2.39. The topological polar surface area (TPSA) is 89.9 Å². The number of hydrogen-bond donors (Lipinski definition) is 1. The number of ketones is 1. The van der Waals surface area contributed by atoms with Gasteiger partial charge in [-0.3, -0.25) is 9.59 Å². The van der Waals surface area contributed by atoms with Crippen LogP contribution < -0.4 is 0 Å². The summed E-state index contributed by atoms with van der Waals surface area (Å²) in [5.41, 5.74) is -0.308. The van der Waals surface area contributed by atoms with Crippen LogP contribution in [0.1, 0.15) is 103 Å². The van der Waals surface area contributed by atoms with E-state index < -0.39 is 29.6 Å². The van der Waals surface area contributed by atoms with Crippen LogP contribution in [-0.4, -0.2) is 36.0 Å². The Labute approximate surface area is 175 Å². The zero-order valence-corrected chi connectivity index (χ0v) is 18.2. The van der Waals surface area contributed by atoms with Crippen LogP contribution in [-0.2, 0) is 23.9 Å². The van der Waals surface area contributed by atoms with Crippen LogP contribution in [0.3, 0.4) is 0 Å². The Morgan fingerprint density at radius 3 is 1.86 bits per heavy atom. The van der Waals surface area contributed by atoms with Gasteiger partial charge in [0, 0.05) is 6.42 Å². The minimum Gasteiger partial charge on any atom is -0.507 e. The minimum absolute atomic E-state index is 0.206. The Morgan fingerprint density at radius 1 is 0.897 bits per heavy atom. The average Bonchev–Trinajstić information content (AvgIpc) is 2.98. The number of cyclic esters (lactones) is 1. The van der Waals surface area contributed by atoms with Gasteiger partial charge in [0.15, 0.2) is 17.6 Å². The van der Waals surface area contributed by atoms with Crippen molar-refractivity contribution in [1.82, 2.24) is 0 Å². The predicted molar refractivity (Wildman–Crippen MR) is 111 cm³/mol. The summed E-state index contributed by atoms with van der Waals surface area (Å²) in [6.07, 6.45) is 14.6. The first-order valence-corrected chi connectivity index (χ1v) is 11.2. The smallest absolute Gasteiger partial charge is 0.346 e. The number of methoxy groups -OCH3 is 1. The predicted octanol–water partition coefficient (Wildman–Crippen LogP) is 5.34. The van der Waals surface area contributed by atoms with Gasteiger partial charge in [0.2, 0.25) is 0 Å². The number of unbranched alkanes of at least 4 members (excludes halogenated alkanes) is 12. The number of aliphatic hydroxyl groups excluding tert-OH is 1. The lowest BCUT2D eigenvalue weighted by molar-refractivity contribution is -0.147. The van der Waals surface area contributed by atoms with Crippen molar-refractivity contribution in [3.8, 4) is 0 Å². The van der Waals surface area contributed by atoms with Gasteiger partial charge in [-0.25, -0.2) is 4.79 Å². The standard InChI is InChI=1S/C23H38O6/c1-3-4-5-6-7-8-9-10-11-12-13-14-15-16-18(24)21-22(26)19(29-23(21)27)17-20(25)28-2/h19,26H,3-17H2,1-2H3/t19-/m1/s1. The molecule has 0 aromatic rings. The van der Waals surface area contributed by atoms with Crippen LogP contribution in [0, 0.1) is 0 Å². The second-order valence-corrected chi connectivity index (χ2v) is 7.85. The Bertz CT molecular complexity index is 552. The van der Waals surface area contributed by atoms with Crippen LogP contribution in [0.25, 0.3) is 0 Å². The molecule has 0 saturated heterocycles. The number of ether oxygens (including phenoxy) is 2. The molecule has 29 heavy (non-hydrogen) atoms. The van der Waals surface area contributed by atoms with E-state index in [2.05, 4.69) is 11.7 Å². The fourth-order valence-electron chi connectivity index (χ4n) is 3.57. The zero-order valence-electron chi connectivity index (χ0n) is 18.2. The minimum atomic E-state index is -1.11. The molecule has 0 amide bonds. The van der Waals surface area contributed by atoms with Crippen molar-refractivity contribution < 1.29 is 29.0 Å². The van der Waals surface area contributed by atoms with Crippen LogP contribution in [0.2, 0.25) is 0 Å². The van der Waals surface area contributed by atoms with Gasteiger partial charge < -0.3 is 14.6 Å². The molecule has 0 aromatic carbocycles. The van der Waals surface area contributed by atoms with Crippen LogP contribution in [0.15, 0.2) is 11.3 Å². The molecule has 166 valence electrons. The van der Waals surface area contributed by atoms with Crippen molar-refractivity contribution >= 4 is 17.7 Å². The summed E-state index contributed by atoms with van der Waals surface area (Å²) in [7, 11) is 1.21. The van der Waals surface area contributed by atoms with E-state index in [9.17, 15) is 19.5 Å². The van der Waals surface area contributed by atoms with Crippen LogP contribution >= 0.6 is 0 Å². The fourth-order valence-corrected chi connectivity index (χ4v) is 3.57. The van der Waals surface area contributed by atoms with Gasteiger partial charge in [-0.2, -0.15) is 0 Å². The van der Waals surface area contributed by atoms with Crippen LogP contribution in [0.5, 0.6) is 0 Å². The highest BCUT2D eigenvalue weighted by molar-refractivity contribution is 6.19. The summed E-state index contributed by atoms with van der Waals surface area (Å²) in [6.45, 7) is 2.24. The SMILES string of the molecule is CCCCCCCCCCCCCCCC(=O)C1=C(O)[C@@H](CC(=O)OC)OC1=O. The number of Topliss-reactive ketones (excluding diaryl/α,β-unsaturated/α-hetero) is 1. The molecule has 0 radical (unpaired) electrons. The Kier molecular flexibility index (Phi) is 13.1. The van der Waals surface area contributed by atoms with Gasteiger partial charge in [0.1, 0.15) is 5.57 Å². The molecule has 1 heterocycles. The molecule has 0 spiro atoms. The second kappa shape index (κ2) is 15.1. The van der Waals surface area contributed by atoms with E-state index in [0.29, 0.717) is 6.42 Å². The highest BCUT2D eigenvalue weighted by atomic mass is 16.6. The van der Waals surface area contributed by atoms with Gasteiger partial charge in [0.05, 0.1) is 13.5 Å². The van der Waals surface area contributed by atoms with E-state index in [1.807, 2.05) is 0 Å². The summed E-state index contributed by atoms with van der Waals surface area (Å²) in [4.78, 5) is 35.3. The average molecular weight is 411 g/mol. The Balaban J connectivity index is 2.10. The first kappa shape index (κ1) is 25.2. The number of aliphatic hydroxyl groups is 1. The maximum atomic E-state index is 12.2. The third-order valence-corrected chi connectivity index (χ3v) is 5.38.